The number of aromatic nitrogens is 2. The zero-order chi connectivity index (χ0) is 20.0. The average Bonchev–Trinajstić information content (AvgIpc) is 3.09. The molecule has 0 saturated carbocycles. The van der Waals surface area contributed by atoms with Gasteiger partial charge in [-0.2, -0.15) is 0 Å². The summed E-state index contributed by atoms with van der Waals surface area (Å²) < 4.78 is 8.13. The number of methoxy groups -OCH3 is 1. The average molecular weight is 410 g/mol. The van der Waals surface area contributed by atoms with Crippen molar-refractivity contribution in [3.63, 3.8) is 0 Å². The number of thiazole rings is 1. The molecule has 3 aromatic rings. The third-order valence-corrected chi connectivity index (χ3v) is 6.70. The molecular weight excluding hydrogens is 388 g/mol. The second-order valence-corrected chi connectivity index (χ2v) is 8.82. The van der Waals surface area contributed by atoms with Crippen LogP contribution >= 0.6 is 11.3 Å². The monoisotopic (exact) mass is 410 g/mol. The molecule has 2 aliphatic heterocycles. The summed E-state index contributed by atoms with van der Waals surface area (Å²) in [6.45, 7) is 2.71. The van der Waals surface area contributed by atoms with Crippen LogP contribution in [0.4, 0.5) is 5.13 Å². The second-order valence-electron chi connectivity index (χ2n) is 7.79. The van der Waals surface area contributed by atoms with E-state index in [1.165, 1.54) is 11.3 Å². The van der Waals surface area contributed by atoms with E-state index in [9.17, 15) is 9.59 Å². The Morgan fingerprint density at radius 3 is 3.03 bits per heavy atom. The van der Waals surface area contributed by atoms with Crippen molar-refractivity contribution in [3.8, 4) is 5.75 Å². The van der Waals surface area contributed by atoms with Crippen LogP contribution in [-0.4, -0.2) is 47.1 Å². The predicted molar refractivity (Wildman–Crippen MR) is 113 cm³/mol. The molecule has 0 aliphatic carbocycles. The highest BCUT2D eigenvalue weighted by Gasteiger charge is 2.35. The Morgan fingerprint density at radius 1 is 1.28 bits per heavy atom. The number of ether oxygens (including phenoxy) is 1. The van der Waals surface area contributed by atoms with Crippen molar-refractivity contribution in [2.75, 3.05) is 32.1 Å². The van der Waals surface area contributed by atoms with Gasteiger partial charge in [0.2, 0.25) is 5.91 Å². The topological polar surface area (TPSA) is 76.5 Å². The molecule has 4 heterocycles. The highest BCUT2D eigenvalue weighted by molar-refractivity contribution is 7.22. The summed E-state index contributed by atoms with van der Waals surface area (Å²) in [5, 5.41) is 3.54. The molecule has 1 saturated heterocycles. The van der Waals surface area contributed by atoms with E-state index < -0.39 is 0 Å². The largest absolute Gasteiger partial charge is 0.497 e. The fourth-order valence-electron chi connectivity index (χ4n) is 4.57. The second kappa shape index (κ2) is 7.27. The first kappa shape index (κ1) is 18.3. The summed E-state index contributed by atoms with van der Waals surface area (Å²) in [5.74, 6) is 1.43. The first-order chi connectivity index (χ1) is 14.1. The Morgan fingerprint density at radius 2 is 2.17 bits per heavy atom. The molecule has 0 unspecified atom stereocenters. The number of nitrogens with one attached hydrogen (secondary N) is 1. The maximum absolute atomic E-state index is 12.6. The number of piperidine rings is 1. The zero-order valence-corrected chi connectivity index (χ0v) is 16.9. The summed E-state index contributed by atoms with van der Waals surface area (Å²) >= 11 is 1.45. The van der Waals surface area contributed by atoms with E-state index in [2.05, 4.69) is 15.2 Å². The summed E-state index contributed by atoms with van der Waals surface area (Å²) in [5.41, 5.74) is 2.02. The Bertz CT molecular complexity index is 1140. The maximum Gasteiger partial charge on any atom is 0.250 e. The number of carbonyl (C=O) groups excluding carboxylic acids is 1. The van der Waals surface area contributed by atoms with E-state index in [1.807, 2.05) is 34.9 Å². The van der Waals surface area contributed by atoms with Crippen LogP contribution in [0.5, 0.6) is 5.75 Å². The molecule has 1 aromatic carbocycles. The van der Waals surface area contributed by atoms with Gasteiger partial charge in [-0.25, -0.2) is 4.98 Å². The molecule has 8 heteroatoms. The summed E-state index contributed by atoms with van der Waals surface area (Å²) in [4.78, 5) is 31.5. The Hall–Kier alpha value is -2.71. The van der Waals surface area contributed by atoms with Gasteiger partial charge in [0.15, 0.2) is 5.13 Å². The van der Waals surface area contributed by atoms with Gasteiger partial charge < -0.3 is 14.6 Å². The number of benzene rings is 1. The van der Waals surface area contributed by atoms with Crippen molar-refractivity contribution >= 4 is 32.6 Å². The number of anilines is 1. The fraction of sp³-hybridized carbons (Fsp3) is 0.381. The summed E-state index contributed by atoms with van der Waals surface area (Å²) in [6, 6.07) is 11.2. The highest BCUT2D eigenvalue weighted by Crippen LogP contribution is 2.35. The number of hydrogen-bond acceptors (Lipinski definition) is 6. The van der Waals surface area contributed by atoms with Crippen LogP contribution in [0.1, 0.15) is 18.0 Å². The number of pyridine rings is 1. The molecule has 5 rings (SSSR count). The SMILES string of the molecule is COc1ccc2nc(NC(=O)CN3C[C@H]4C[C@@H](C3)c3cccc(=O)n3C4)sc2c1. The van der Waals surface area contributed by atoms with Gasteiger partial charge in [0, 0.05) is 37.3 Å². The highest BCUT2D eigenvalue weighted by atomic mass is 32.1. The molecule has 1 N–H and O–H groups in total. The number of likely N-dealkylation sites (tertiary alicyclic amines) is 1. The van der Waals surface area contributed by atoms with Crippen LogP contribution in [0.15, 0.2) is 41.2 Å². The minimum atomic E-state index is -0.0542. The molecule has 1 amide bonds. The van der Waals surface area contributed by atoms with Crippen LogP contribution in [0.25, 0.3) is 10.2 Å². The van der Waals surface area contributed by atoms with Crippen LogP contribution < -0.4 is 15.6 Å². The van der Waals surface area contributed by atoms with Crippen molar-refractivity contribution in [1.29, 1.82) is 0 Å². The molecule has 2 bridgehead atoms. The van der Waals surface area contributed by atoms with E-state index in [0.717, 1.165) is 47.7 Å². The van der Waals surface area contributed by atoms with Gasteiger partial charge in [0.05, 0.1) is 23.9 Å². The number of amides is 1. The van der Waals surface area contributed by atoms with Crippen LogP contribution in [0.3, 0.4) is 0 Å². The van der Waals surface area contributed by atoms with Crippen LogP contribution in [0.2, 0.25) is 0 Å². The molecule has 1 fully saturated rings. The minimum Gasteiger partial charge on any atom is -0.497 e. The zero-order valence-electron chi connectivity index (χ0n) is 16.1. The van der Waals surface area contributed by atoms with E-state index >= 15 is 0 Å². The van der Waals surface area contributed by atoms with Gasteiger partial charge in [-0.1, -0.05) is 17.4 Å². The maximum atomic E-state index is 12.6. The van der Waals surface area contributed by atoms with E-state index in [0.29, 0.717) is 23.5 Å². The van der Waals surface area contributed by atoms with Gasteiger partial charge in [-0.15, -0.1) is 0 Å². The lowest BCUT2D eigenvalue weighted by Crippen LogP contribution is -2.49. The number of carbonyl (C=O) groups is 1. The molecule has 29 heavy (non-hydrogen) atoms. The van der Waals surface area contributed by atoms with Gasteiger partial charge in [0.25, 0.3) is 5.56 Å². The molecule has 2 aromatic heterocycles. The molecule has 150 valence electrons. The Kier molecular flexibility index (Phi) is 4.60. The number of rotatable bonds is 4. The molecule has 2 atom stereocenters. The molecule has 7 nitrogen and oxygen atoms in total. The van der Waals surface area contributed by atoms with Crippen molar-refractivity contribution in [3.05, 3.63) is 52.4 Å². The van der Waals surface area contributed by atoms with E-state index in [-0.39, 0.29) is 11.5 Å². The molecule has 2 aliphatic rings. The first-order valence-electron chi connectivity index (χ1n) is 9.75. The Labute approximate surface area is 171 Å². The number of nitrogens with zero attached hydrogens (tertiary/aromatic N) is 3. The van der Waals surface area contributed by atoms with Gasteiger partial charge in [-0.05, 0) is 36.6 Å². The van der Waals surface area contributed by atoms with Crippen molar-refractivity contribution < 1.29 is 9.53 Å². The Balaban J connectivity index is 1.27. The number of fused-ring (bicyclic) bond motifs is 5. The molecule has 0 spiro atoms. The van der Waals surface area contributed by atoms with Gasteiger partial charge in [-0.3, -0.25) is 14.5 Å². The van der Waals surface area contributed by atoms with E-state index in [1.54, 1.807) is 13.2 Å². The summed E-state index contributed by atoms with van der Waals surface area (Å²) in [7, 11) is 1.63. The standard InChI is InChI=1S/C21H22N4O3S/c1-28-15-5-6-16-18(8-15)29-21(22-16)23-19(26)12-24-9-13-7-14(11-24)17-3-2-4-20(27)25(17)10-13/h2-6,8,13-14H,7,9-12H2,1H3,(H,22,23,26)/t13-,14+/m1/s1. The lowest BCUT2D eigenvalue weighted by atomic mass is 9.83. The fourth-order valence-corrected chi connectivity index (χ4v) is 5.48. The first-order valence-corrected chi connectivity index (χ1v) is 10.6. The van der Waals surface area contributed by atoms with E-state index in [4.69, 9.17) is 4.74 Å². The van der Waals surface area contributed by atoms with Crippen LogP contribution in [-0.2, 0) is 11.3 Å². The lowest BCUT2D eigenvalue weighted by Gasteiger charge is -2.42. The van der Waals surface area contributed by atoms with Crippen molar-refractivity contribution in [2.24, 2.45) is 5.92 Å². The van der Waals surface area contributed by atoms with Crippen molar-refractivity contribution in [1.82, 2.24) is 14.5 Å². The van der Waals surface area contributed by atoms with Crippen LogP contribution in [0, 0.1) is 5.92 Å². The van der Waals surface area contributed by atoms with Gasteiger partial charge >= 0.3 is 0 Å². The molecule has 0 radical (unpaired) electrons. The quantitative estimate of drug-likeness (QED) is 0.715. The predicted octanol–water partition coefficient (Wildman–Crippen LogP) is 2.52. The minimum absolute atomic E-state index is 0.0542. The molecular formula is C21H22N4O3S. The van der Waals surface area contributed by atoms with Crippen molar-refractivity contribution in [2.45, 2.75) is 18.9 Å². The van der Waals surface area contributed by atoms with Gasteiger partial charge in [0.1, 0.15) is 5.75 Å². The smallest absolute Gasteiger partial charge is 0.250 e. The lowest BCUT2D eigenvalue weighted by molar-refractivity contribution is -0.117. The third kappa shape index (κ3) is 3.54. The normalized spacial score (nSPS) is 21.0. The summed E-state index contributed by atoms with van der Waals surface area (Å²) in [6.07, 6.45) is 1.08. The third-order valence-electron chi connectivity index (χ3n) is 5.76. The number of hydrogen-bond donors (Lipinski definition) is 1.